The Labute approximate surface area is 144 Å². The van der Waals surface area contributed by atoms with Gasteiger partial charge >= 0.3 is 10.2 Å². The van der Waals surface area contributed by atoms with Crippen molar-refractivity contribution in [2.24, 2.45) is 0 Å². The Balaban J connectivity index is 1.81. The van der Waals surface area contributed by atoms with Crippen LogP contribution in [0.15, 0.2) is 47.8 Å². The van der Waals surface area contributed by atoms with Gasteiger partial charge in [0.1, 0.15) is 16.4 Å². The molecule has 6 nitrogen and oxygen atoms in total. The average Bonchev–Trinajstić information content (AvgIpc) is 3.16. The van der Waals surface area contributed by atoms with Crippen LogP contribution in [0.2, 0.25) is 0 Å². The lowest BCUT2D eigenvalue weighted by Gasteiger charge is -2.40. The molecular formula is C14H14F5N5OS. The van der Waals surface area contributed by atoms with Crippen molar-refractivity contribution in [3.8, 4) is 5.69 Å². The predicted molar refractivity (Wildman–Crippen MR) is 84.9 cm³/mol. The number of aliphatic hydroxyl groups is 1. The summed E-state index contributed by atoms with van der Waals surface area (Å²) in [5.41, 5.74) is 0.648. The van der Waals surface area contributed by atoms with Crippen molar-refractivity contribution < 1.29 is 24.5 Å². The van der Waals surface area contributed by atoms with Gasteiger partial charge in [-0.05, 0) is 24.3 Å². The fraction of sp³-hybridized carbons (Fsp3) is 0.214. The molecule has 2 heterocycles. The van der Waals surface area contributed by atoms with Crippen molar-refractivity contribution in [1.82, 2.24) is 24.5 Å². The second kappa shape index (κ2) is 5.51. The second-order valence-electron chi connectivity index (χ2n) is 5.56. The van der Waals surface area contributed by atoms with Gasteiger partial charge in [-0.25, -0.2) is 9.67 Å². The van der Waals surface area contributed by atoms with Crippen molar-refractivity contribution >= 4 is 10.2 Å². The molecule has 0 amide bonds. The normalized spacial score (nSPS) is 14.8. The van der Waals surface area contributed by atoms with Gasteiger partial charge in [-0.3, -0.25) is 0 Å². The molecule has 1 N–H and O–H groups in total. The number of nitrogens with zero attached hydrogens (tertiary/aromatic N) is 5. The van der Waals surface area contributed by atoms with Crippen LogP contribution in [0.3, 0.4) is 0 Å². The maximum Gasteiger partial charge on any atom is 0.310 e. The minimum atomic E-state index is -9.69. The Morgan fingerprint density at radius 3 is 2.35 bits per heavy atom. The van der Waals surface area contributed by atoms with Gasteiger partial charge in [-0.2, -0.15) is 0 Å². The van der Waals surface area contributed by atoms with Crippen molar-refractivity contribution in [1.29, 1.82) is 0 Å². The van der Waals surface area contributed by atoms with E-state index in [1.807, 2.05) is 0 Å². The van der Waals surface area contributed by atoms with E-state index in [0.29, 0.717) is 36.6 Å². The molecule has 0 unspecified atom stereocenters. The third kappa shape index (κ3) is 4.02. The second-order valence-corrected chi connectivity index (χ2v) is 7.97. The first kappa shape index (κ1) is 18.3. The number of imidazole rings is 1. The number of aromatic nitrogens is 5. The van der Waals surface area contributed by atoms with Crippen LogP contribution in [0.4, 0.5) is 19.4 Å². The zero-order chi connectivity index (χ0) is 19.1. The lowest BCUT2D eigenvalue weighted by molar-refractivity contribution is 0.295. The molecule has 0 fully saturated rings. The van der Waals surface area contributed by atoms with E-state index in [-0.39, 0.29) is 12.3 Å². The highest BCUT2D eigenvalue weighted by molar-refractivity contribution is 8.45. The zero-order valence-corrected chi connectivity index (χ0v) is 14.0. The van der Waals surface area contributed by atoms with E-state index in [1.54, 1.807) is 17.0 Å². The van der Waals surface area contributed by atoms with Crippen LogP contribution >= 0.6 is 10.2 Å². The number of hydrogen-bond donors (Lipinski definition) is 1. The molecule has 3 aromatic rings. The molecule has 1 aromatic carbocycles. The van der Waals surface area contributed by atoms with E-state index in [2.05, 4.69) is 15.3 Å². The zero-order valence-electron chi connectivity index (χ0n) is 13.1. The summed E-state index contributed by atoms with van der Waals surface area (Å²) in [7, 11) is -9.69. The van der Waals surface area contributed by atoms with Gasteiger partial charge in [0, 0.05) is 18.8 Å². The predicted octanol–water partition coefficient (Wildman–Crippen LogP) is 3.70. The molecule has 0 spiro atoms. The van der Waals surface area contributed by atoms with Crippen LogP contribution in [0, 0.1) is 0 Å². The first-order valence-electron chi connectivity index (χ1n) is 7.33. The first-order chi connectivity index (χ1) is 12.0. The van der Waals surface area contributed by atoms with E-state index in [1.165, 1.54) is 10.9 Å². The third-order valence-electron chi connectivity index (χ3n) is 3.56. The molecule has 142 valence electrons. The minimum absolute atomic E-state index is 0.0673. The topological polar surface area (TPSA) is 68.8 Å². The van der Waals surface area contributed by atoms with Crippen molar-refractivity contribution in [3.05, 3.63) is 54.4 Å². The van der Waals surface area contributed by atoms with E-state index < -0.39 is 15.1 Å². The summed E-state index contributed by atoms with van der Waals surface area (Å²) >= 11 is 0. The number of halogens is 5. The molecule has 0 radical (unpaired) electrons. The van der Waals surface area contributed by atoms with E-state index >= 15 is 0 Å². The lowest BCUT2D eigenvalue weighted by atomic mass is 10.3. The number of hydrogen-bond acceptors (Lipinski definition) is 4. The molecule has 2 aromatic heterocycles. The summed E-state index contributed by atoms with van der Waals surface area (Å²) in [6.45, 7) is 0.223. The van der Waals surface area contributed by atoms with Crippen LogP contribution in [0.25, 0.3) is 5.69 Å². The van der Waals surface area contributed by atoms with Crippen molar-refractivity contribution in [3.63, 3.8) is 0 Å². The van der Waals surface area contributed by atoms with Crippen molar-refractivity contribution in [2.45, 2.75) is 17.9 Å². The van der Waals surface area contributed by atoms with Crippen LogP contribution in [0.1, 0.15) is 11.5 Å². The highest BCUT2D eigenvalue weighted by Crippen LogP contribution is 3.02. The highest BCUT2D eigenvalue weighted by atomic mass is 32.5. The third-order valence-corrected chi connectivity index (χ3v) is 4.72. The molecule has 0 saturated heterocycles. The number of aliphatic hydroxyl groups excluding tert-OH is 1. The Kier molecular flexibility index (Phi) is 3.88. The Hall–Kier alpha value is -2.47. The van der Waals surface area contributed by atoms with E-state index in [9.17, 15) is 19.4 Å². The van der Waals surface area contributed by atoms with Gasteiger partial charge in [0.05, 0.1) is 25.0 Å². The highest BCUT2D eigenvalue weighted by Gasteiger charge is 2.65. The quantitative estimate of drug-likeness (QED) is 0.646. The Morgan fingerprint density at radius 2 is 1.73 bits per heavy atom. The molecule has 0 aliphatic carbocycles. The van der Waals surface area contributed by atoms with Gasteiger partial charge < -0.3 is 9.67 Å². The Morgan fingerprint density at radius 1 is 1.04 bits per heavy atom. The smallest absolute Gasteiger partial charge is 0.310 e. The van der Waals surface area contributed by atoms with Gasteiger partial charge in [0.25, 0.3) is 0 Å². The van der Waals surface area contributed by atoms with E-state index in [0.717, 1.165) is 12.1 Å². The fourth-order valence-electron chi connectivity index (χ4n) is 2.34. The summed E-state index contributed by atoms with van der Waals surface area (Å²) in [5.74, 6) is 0.641. The van der Waals surface area contributed by atoms with Crippen LogP contribution in [-0.4, -0.2) is 36.3 Å². The summed E-state index contributed by atoms with van der Waals surface area (Å²) in [4.78, 5) is 2.13. The molecule has 0 bridgehead atoms. The summed E-state index contributed by atoms with van der Waals surface area (Å²) < 4.78 is 66.6. The molecule has 3 rings (SSSR count). The average molecular weight is 395 g/mol. The molecule has 0 atom stereocenters. The number of benzene rings is 1. The first-order valence-corrected chi connectivity index (χ1v) is 9.28. The molecule has 26 heavy (non-hydrogen) atoms. The molecule has 0 aliphatic rings. The lowest BCUT2D eigenvalue weighted by Crippen LogP contribution is -2.06. The van der Waals surface area contributed by atoms with Gasteiger partial charge in [-0.15, -0.1) is 5.10 Å². The maximum atomic E-state index is 12.7. The number of rotatable bonds is 6. The minimum Gasteiger partial charge on any atom is -0.396 e. The van der Waals surface area contributed by atoms with Crippen LogP contribution in [-0.2, 0) is 13.0 Å². The van der Waals surface area contributed by atoms with Gasteiger partial charge in [0.15, 0.2) is 0 Å². The summed E-state index contributed by atoms with van der Waals surface area (Å²) in [6, 6.07) is 2.46. The van der Waals surface area contributed by atoms with E-state index in [4.69, 9.17) is 5.11 Å². The van der Waals surface area contributed by atoms with Crippen molar-refractivity contribution in [2.75, 3.05) is 6.61 Å². The summed E-state index contributed by atoms with van der Waals surface area (Å²) in [6.07, 6.45) is 5.08. The van der Waals surface area contributed by atoms with Gasteiger partial charge in [-0.1, -0.05) is 24.6 Å². The standard InChI is InChI=1S/C14H14F5N5OS/c15-26(16,17,18,19)13-3-1-12(2-4-13)24-10-11(21-22-24)9-23-7-6-20-14(23)5-8-25/h1-4,6-7,10,25H,5,8-9H2. The molecule has 12 heteroatoms. The largest absolute Gasteiger partial charge is 0.396 e. The maximum absolute atomic E-state index is 12.7. The molecule has 0 aliphatic heterocycles. The molecular weight excluding hydrogens is 381 g/mol. The Bertz CT molecular complexity index is 920. The van der Waals surface area contributed by atoms with Gasteiger partial charge in [0.2, 0.25) is 0 Å². The van der Waals surface area contributed by atoms with Crippen LogP contribution < -0.4 is 0 Å². The fourth-order valence-corrected chi connectivity index (χ4v) is 2.99. The summed E-state index contributed by atoms with van der Waals surface area (Å²) in [5, 5.41) is 16.7. The SMILES string of the molecule is OCCc1nccn1Cc1cn(-c2ccc(S(F)(F)(F)(F)F)cc2)nn1. The van der Waals surface area contributed by atoms with Crippen LogP contribution in [0.5, 0.6) is 0 Å². The monoisotopic (exact) mass is 395 g/mol. The molecule has 0 saturated carbocycles.